The fourth-order valence-corrected chi connectivity index (χ4v) is 3.24. The largest absolute Gasteiger partial charge is 0.352 e. The number of piperazine rings is 1. The Morgan fingerprint density at radius 2 is 1.62 bits per heavy atom. The molecule has 4 rings (SSSR count). The third-order valence-corrected chi connectivity index (χ3v) is 4.75. The Morgan fingerprint density at radius 1 is 0.931 bits per heavy atom. The lowest BCUT2D eigenvalue weighted by molar-refractivity contribution is -0.114. The Morgan fingerprint density at radius 3 is 2.21 bits per heavy atom. The van der Waals surface area contributed by atoms with Crippen LogP contribution in [0, 0.1) is 0 Å². The van der Waals surface area contributed by atoms with Gasteiger partial charge in [-0.25, -0.2) is 4.98 Å². The third-order valence-electron chi connectivity index (χ3n) is 4.75. The summed E-state index contributed by atoms with van der Waals surface area (Å²) in [6.45, 7) is 4.05. The molecule has 1 aliphatic rings. The second-order valence-electron chi connectivity index (χ2n) is 6.76. The van der Waals surface area contributed by atoms with E-state index in [4.69, 9.17) is 0 Å². The van der Waals surface area contributed by atoms with Crippen molar-refractivity contribution in [3.63, 3.8) is 0 Å². The number of hydrogen-bond donors (Lipinski definition) is 1. The number of carbonyl (C=O) groups excluding carboxylic acids is 2. The van der Waals surface area contributed by atoms with Gasteiger partial charge >= 0.3 is 0 Å². The first-order valence-corrected chi connectivity index (χ1v) is 9.34. The van der Waals surface area contributed by atoms with Crippen molar-refractivity contribution >= 4 is 23.3 Å². The van der Waals surface area contributed by atoms with Crippen LogP contribution in [0.25, 0.3) is 5.82 Å². The van der Waals surface area contributed by atoms with Crippen LogP contribution >= 0.6 is 0 Å². The van der Waals surface area contributed by atoms with Crippen molar-refractivity contribution in [3.05, 3.63) is 60.7 Å². The summed E-state index contributed by atoms with van der Waals surface area (Å²) in [6.07, 6.45) is 5.19. The first-order valence-electron chi connectivity index (χ1n) is 9.34. The van der Waals surface area contributed by atoms with Crippen LogP contribution in [0.4, 0.5) is 11.5 Å². The molecule has 3 aromatic rings. The van der Waals surface area contributed by atoms with Crippen molar-refractivity contribution in [2.24, 2.45) is 0 Å². The van der Waals surface area contributed by atoms with E-state index in [1.807, 2.05) is 23.2 Å². The first kappa shape index (κ1) is 18.6. The number of carbonyl (C=O) groups is 2. The van der Waals surface area contributed by atoms with E-state index in [2.05, 4.69) is 25.4 Å². The van der Waals surface area contributed by atoms with Gasteiger partial charge in [0.25, 0.3) is 5.91 Å². The molecule has 0 radical (unpaired) electrons. The molecule has 0 bridgehead atoms. The number of rotatable bonds is 4. The standard InChI is InChI=1S/C20H21N7O2/c1-15(28)22-17-4-2-16(3-5-17)20(29)26-12-10-25(11-13-26)18-6-7-19(24-23-18)27-9-8-21-14-27/h2-9,14H,10-13H2,1H3,(H,22,28). The highest BCUT2D eigenvalue weighted by atomic mass is 16.2. The fraction of sp³-hybridized carbons (Fsp3) is 0.250. The van der Waals surface area contributed by atoms with E-state index >= 15 is 0 Å². The van der Waals surface area contributed by atoms with Gasteiger partial charge in [-0.15, -0.1) is 10.2 Å². The molecule has 2 aromatic heterocycles. The molecule has 9 heteroatoms. The minimum atomic E-state index is -0.138. The molecule has 0 saturated carbocycles. The lowest BCUT2D eigenvalue weighted by Crippen LogP contribution is -2.49. The molecule has 0 unspecified atom stereocenters. The lowest BCUT2D eigenvalue weighted by Gasteiger charge is -2.35. The van der Waals surface area contributed by atoms with Crippen LogP contribution in [0.2, 0.25) is 0 Å². The summed E-state index contributed by atoms with van der Waals surface area (Å²) in [7, 11) is 0. The van der Waals surface area contributed by atoms with Crippen LogP contribution in [-0.2, 0) is 4.79 Å². The maximum atomic E-state index is 12.7. The smallest absolute Gasteiger partial charge is 0.253 e. The van der Waals surface area contributed by atoms with Crippen molar-refractivity contribution in [3.8, 4) is 5.82 Å². The molecule has 0 aliphatic carbocycles. The average molecular weight is 391 g/mol. The number of imidazole rings is 1. The highest BCUT2D eigenvalue weighted by molar-refractivity contribution is 5.95. The Bertz CT molecular complexity index is 977. The minimum Gasteiger partial charge on any atom is -0.352 e. The van der Waals surface area contributed by atoms with Crippen LogP contribution in [0.3, 0.4) is 0 Å². The van der Waals surface area contributed by atoms with Gasteiger partial charge in [0.2, 0.25) is 5.91 Å². The van der Waals surface area contributed by atoms with Crippen LogP contribution in [0.1, 0.15) is 17.3 Å². The number of amides is 2. The van der Waals surface area contributed by atoms with E-state index in [0.717, 1.165) is 5.82 Å². The predicted molar refractivity (Wildman–Crippen MR) is 108 cm³/mol. The lowest BCUT2D eigenvalue weighted by atomic mass is 10.1. The molecule has 1 aromatic carbocycles. The van der Waals surface area contributed by atoms with Gasteiger partial charge in [0.1, 0.15) is 6.33 Å². The van der Waals surface area contributed by atoms with Crippen molar-refractivity contribution < 1.29 is 9.59 Å². The number of nitrogens with zero attached hydrogens (tertiary/aromatic N) is 6. The first-order chi connectivity index (χ1) is 14.1. The summed E-state index contributed by atoms with van der Waals surface area (Å²) >= 11 is 0. The second kappa shape index (κ2) is 8.09. The van der Waals surface area contributed by atoms with Gasteiger partial charge in [0.15, 0.2) is 11.6 Å². The number of benzene rings is 1. The molecule has 0 atom stereocenters. The summed E-state index contributed by atoms with van der Waals surface area (Å²) in [5.41, 5.74) is 1.29. The molecule has 9 nitrogen and oxygen atoms in total. The monoisotopic (exact) mass is 391 g/mol. The van der Waals surface area contributed by atoms with Crippen molar-refractivity contribution in [2.75, 3.05) is 36.4 Å². The zero-order valence-corrected chi connectivity index (χ0v) is 16.0. The van der Waals surface area contributed by atoms with E-state index in [1.54, 1.807) is 41.4 Å². The molecule has 1 fully saturated rings. The maximum absolute atomic E-state index is 12.7. The van der Waals surface area contributed by atoms with E-state index in [1.165, 1.54) is 6.92 Å². The average Bonchev–Trinajstić information content (AvgIpc) is 3.29. The third kappa shape index (κ3) is 4.23. The molecule has 1 N–H and O–H groups in total. The fourth-order valence-electron chi connectivity index (χ4n) is 3.24. The van der Waals surface area contributed by atoms with Gasteiger partial charge in [-0.1, -0.05) is 0 Å². The van der Waals surface area contributed by atoms with Gasteiger partial charge in [-0.05, 0) is 36.4 Å². The van der Waals surface area contributed by atoms with Crippen LogP contribution in [-0.4, -0.2) is 62.6 Å². The number of hydrogen-bond acceptors (Lipinski definition) is 6. The van der Waals surface area contributed by atoms with Crippen molar-refractivity contribution in [2.45, 2.75) is 6.92 Å². The van der Waals surface area contributed by atoms with Gasteiger partial charge in [0, 0.05) is 56.7 Å². The Labute approximate surface area is 168 Å². The molecule has 0 spiro atoms. The number of nitrogens with one attached hydrogen (secondary N) is 1. The summed E-state index contributed by atoms with van der Waals surface area (Å²) in [4.78, 5) is 31.8. The molecule has 1 saturated heterocycles. The van der Waals surface area contributed by atoms with Gasteiger partial charge < -0.3 is 15.1 Å². The predicted octanol–water partition coefficient (Wildman–Crippen LogP) is 1.58. The summed E-state index contributed by atoms with van der Waals surface area (Å²) in [5, 5.41) is 11.3. The topological polar surface area (TPSA) is 96.2 Å². The van der Waals surface area contributed by atoms with Crippen LogP contribution < -0.4 is 10.2 Å². The summed E-state index contributed by atoms with van der Waals surface area (Å²) in [6, 6.07) is 10.8. The van der Waals surface area contributed by atoms with E-state index < -0.39 is 0 Å². The zero-order valence-electron chi connectivity index (χ0n) is 16.0. The highest BCUT2D eigenvalue weighted by Gasteiger charge is 2.23. The summed E-state index contributed by atoms with van der Waals surface area (Å²) < 4.78 is 1.80. The van der Waals surface area contributed by atoms with Gasteiger partial charge in [-0.3, -0.25) is 14.2 Å². The Hall–Kier alpha value is -3.75. The Kier molecular flexibility index (Phi) is 5.19. The van der Waals surface area contributed by atoms with Crippen LogP contribution in [0.15, 0.2) is 55.1 Å². The van der Waals surface area contributed by atoms with Crippen molar-refractivity contribution in [1.82, 2.24) is 24.6 Å². The molecular weight excluding hydrogens is 370 g/mol. The second-order valence-corrected chi connectivity index (χ2v) is 6.76. The van der Waals surface area contributed by atoms with Gasteiger partial charge in [0.05, 0.1) is 0 Å². The highest BCUT2D eigenvalue weighted by Crippen LogP contribution is 2.17. The molecule has 1 aliphatic heterocycles. The van der Waals surface area contributed by atoms with Gasteiger partial charge in [-0.2, -0.15) is 0 Å². The maximum Gasteiger partial charge on any atom is 0.253 e. The number of aromatic nitrogens is 4. The molecule has 29 heavy (non-hydrogen) atoms. The molecule has 148 valence electrons. The van der Waals surface area contributed by atoms with E-state index in [9.17, 15) is 9.59 Å². The zero-order chi connectivity index (χ0) is 20.2. The van der Waals surface area contributed by atoms with Crippen molar-refractivity contribution in [1.29, 1.82) is 0 Å². The quantitative estimate of drug-likeness (QED) is 0.725. The molecule has 3 heterocycles. The van der Waals surface area contributed by atoms with E-state index in [0.29, 0.717) is 43.2 Å². The normalized spacial score (nSPS) is 14.0. The van der Waals surface area contributed by atoms with E-state index in [-0.39, 0.29) is 11.8 Å². The summed E-state index contributed by atoms with van der Waals surface area (Å²) in [5.74, 6) is 1.35. The molecular formula is C20H21N7O2. The minimum absolute atomic E-state index is 0.0134. The van der Waals surface area contributed by atoms with Crippen LogP contribution in [0.5, 0.6) is 0 Å². The SMILES string of the molecule is CC(=O)Nc1ccc(C(=O)N2CCN(c3ccc(-n4ccnc4)nn3)CC2)cc1. The molecule has 2 amide bonds. The Balaban J connectivity index is 1.35. The number of anilines is 2.